The standard InChI is InChI=1S/C13H20N2/c1-2-15-10-6-9-14-11-13(15)12-7-4-3-5-8-12/h3-5,7-8,13-14H,2,6,9-11H2,1H3. The lowest BCUT2D eigenvalue weighted by atomic mass is 10.1. The molecule has 0 spiro atoms. The molecule has 1 aliphatic heterocycles. The minimum atomic E-state index is 0.554. The average molecular weight is 204 g/mol. The van der Waals surface area contributed by atoms with Crippen LogP contribution in [0.25, 0.3) is 0 Å². The molecule has 1 heterocycles. The van der Waals surface area contributed by atoms with Crippen LogP contribution >= 0.6 is 0 Å². The Bertz CT molecular complexity index is 284. The molecule has 0 radical (unpaired) electrons. The Kier molecular flexibility index (Phi) is 3.75. The molecule has 2 rings (SSSR count). The smallest absolute Gasteiger partial charge is 0.0472 e. The molecule has 1 aromatic rings. The van der Waals surface area contributed by atoms with E-state index < -0.39 is 0 Å². The first-order valence-electron chi connectivity index (χ1n) is 5.91. The van der Waals surface area contributed by atoms with Crippen molar-refractivity contribution in [3.05, 3.63) is 35.9 Å². The van der Waals surface area contributed by atoms with Gasteiger partial charge in [0.25, 0.3) is 0 Å². The van der Waals surface area contributed by atoms with E-state index >= 15 is 0 Å². The van der Waals surface area contributed by atoms with E-state index in [4.69, 9.17) is 0 Å². The third kappa shape index (κ3) is 2.58. The van der Waals surface area contributed by atoms with Crippen LogP contribution in [0.4, 0.5) is 0 Å². The lowest BCUT2D eigenvalue weighted by Gasteiger charge is -2.28. The highest BCUT2D eigenvalue weighted by Crippen LogP contribution is 2.21. The van der Waals surface area contributed by atoms with Crippen molar-refractivity contribution in [1.82, 2.24) is 10.2 Å². The van der Waals surface area contributed by atoms with E-state index in [1.165, 1.54) is 18.5 Å². The van der Waals surface area contributed by atoms with Crippen LogP contribution in [0.2, 0.25) is 0 Å². The van der Waals surface area contributed by atoms with Gasteiger partial charge in [-0.15, -0.1) is 0 Å². The number of hydrogen-bond acceptors (Lipinski definition) is 2. The van der Waals surface area contributed by atoms with Gasteiger partial charge in [0.1, 0.15) is 0 Å². The molecule has 1 atom stereocenters. The van der Waals surface area contributed by atoms with Crippen molar-refractivity contribution >= 4 is 0 Å². The van der Waals surface area contributed by atoms with Gasteiger partial charge >= 0.3 is 0 Å². The molecule has 0 saturated carbocycles. The average Bonchev–Trinajstić information content (AvgIpc) is 2.55. The van der Waals surface area contributed by atoms with Crippen molar-refractivity contribution < 1.29 is 0 Å². The number of nitrogens with zero attached hydrogens (tertiary/aromatic N) is 1. The maximum absolute atomic E-state index is 3.52. The maximum Gasteiger partial charge on any atom is 0.0472 e. The maximum atomic E-state index is 3.52. The summed E-state index contributed by atoms with van der Waals surface area (Å²) >= 11 is 0. The zero-order chi connectivity index (χ0) is 10.5. The zero-order valence-electron chi connectivity index (χ0n) is 9.45. The third-order valence-corrected chi connectivity index (χ3v) is 3.17. The lowest BCUT2D eigenvalue weighted by molar-refractivity contribution is 0.222. The van der Waals surface area contributed by atoms with Crippen LogP contribution in [-0.4, -0.2) is 31.1 Å². The van der Waals surface area contributed by atoms with Gasteiger partial charge in [0.2, 0.25) is 0 Å². The molecule has 1 saturated heterocycles. The van der Waals surface area contributed by atoms with Crippen LogP contribution in [0.3, 0.4) is 0 Å². The van der Waals surface area contributed by atoms with E-state index in [1.54, 1.807) is 0 Å². The number of benzene rings is 1. The summed E-state index contributed by atoms with van der Waals surface area (Å²) < 4.78 is 0. The van der Waals surface area contributed by atoms with Crippen LogP contribution in [-0.2, 0) is 0 Å². The van der Waals surface area contributed by atoms with Gasteiger partial charge in [-0.25, -0.2) is 0 Å². The molecular weight excluding hydrogens is 184 g/mol. The molecule has 1 aromatic carbocycles. The Morgan fingerprint density at radius 1 is 1.33 bits per heavy atom. The molecule has 15 heavy (non-hydrogen) atoms. The highest BCUT2D eigenvalue weighted by molar-refractivity contribution is 5.19. The largest absolute Gasteiger partial charge is 0.315 e. The first-order valence-corrected chi connectivity index (χ1v) is 5.91. The summed E-state index contributed by atoms with van der Waals surface area (Å²) in [6.45, 7) is 6.84. The number of likely N-dealkylation sites (N-methyl/N-ethyl adjacent to an activating group) is 1. The molecule has 1 N–H and O–H groups in total. The second kappa shape index (κ2) is 5.29. The molecule has 1 aliphatic rings. The minimum Gasteiger partial charge on any atom is -0.315 e. The fourth-order valence-electron chi connectivity index (χ4n) is 2.31. The third-order valence-electron chi connectivity index (χ3n) is 3.17. The molecule has 2 heteroatoms. The fourth-order valence-corrected chi connectivity index (χ4v) is 2.31. The number of nitrogens with one attached hydrogen (secondary N) is 1. The molecule has 0 aliphatic carbocycles. The van der Waals surface area contributed by atoms with Crippen molar-refractivity contribution in [1.29, 1.82) is 0 Å². The fraction of sp³-hybridized carbons (Fsp3) is 0.538. The van der Waals surface area contributed by atoms with Crippen molar-refractivity contribution in [2.45, 2.75) is 19.4 Å². The summed E-state index contributed by atoms with van der Waals surface area (Å²) in [4.78, 5) is 2.56. The predicted molar refractivity (Wildman–Crippen MR) is 63.9 cm³/mol. The Hall–Kier alpha value is -0.860. The minimum absolute atomic E-state index is 0.554. The van der Waals surface area contributed by atoms with Crippen molar-refractivity contribution in [3.63, 3.8) is 0 Å². The van der Waals surface area contributed by atoms with Gasteiger partial charge in [0, 0.05) is 12.6 Å². The van der Waals surface area contributed by atoms with Crippen LogP contribution in [0.15, 0.2) is 30.3 Å². The van der Waals surface area contributed by atoms with E-state index in [-0.39, 0.29) is 0 Å². The van der Waals surface area contributed by atoms with Gasteiger partial charge in [-0.3, -0.25) is 4.90 Å². The Morgan fingerprint density at radius 3 is 2.87 bits per heavy atom. The first kappa shape index (κ1) is 10.7. The lowest BCUT2D eigenvalue weighted by Crippen LogP contribution is -2.32. The second-order valence-electron chi connectivity index (χ2n) is 4.11. The van der Waals surface area contributed by atoms with E-state index in [1.807, 2.05) is 0 Å². The van der Waals surface area contributed by atoms with Gasteiger partial charge in [-0.2, -0.15) is 0 Å². The monoisotopic (exact) mass is 204 g/mol. The van der Waals surface area contributed by atoms with Crippen LogP contribution in [0, 0.1) is 0 Å². The molecule has 2 nitrogen and oxygen atoms in total. The number of hydrogen-bond donors (Lipinski definition) is 1. The normalized spacial score (nSPS) is 23.7. The van der Waals surface area contributed by atoms with E-state index in [9.17, 15) is 0 Å². The Morgan fingerprint density at radius 2 is 2.13 bits per heavy atom. The molecular formula is C13H20N2. The topological polar surface area (TPSA) is 15.3 Å². The summed E-state index contributed by atoms with van der Waals surface area (Å²) in [5, 5.41) is 3.52. The quantitative estimate of drug-likeness (QED) is 0.793. The van der Waals surface area contributed by atoms with Gasteiger partial charge in [0.05, 0.1) is 0 Å². The highest BCUT2D eigenvalue weighted by atomic mass is 15.2. The molecule has 82 valence electrons. The summed E-state index contributed by atoms with van der Waals surface area (Å²) in [6, 6.07) is 11.4. The number of rotatable bonds is 2. The second-order valence-corrected chi connectivity index (χ2v) is 4.11. The first-order chi connectivity index (χ1) is 7.42. The van der Waals surface area contributed by atoms with Gasteiger partial charge in [-0.1, -0.05) is 37.3 Å². The summed E-state index contributed by atoms with van der Waals surface area (Å²) in [5.41, 5.74) is 1.44. The van der Waals surface area contributed by atoms with Crippen LogP contribution in [0.1, 0.15) is 24.9 Å². The van der Waals surface area contributed by atoms with Gasteiger partial charge in [-0.05, 0) is 31.6 Å². The van der Waals surface area contributed by atoms with Crippen molar-refractivity contribution in [2.75, 3.05) is 26.2 Å². The SMILES string of the molecule is CCN1CCCNCC1c1ccccc1. The van der Waals surface area contributed by atoms with Gasteiger partial charge < -0.3 is 5.32 Å². The molecule has 0 amide bonds. The zero-order valence-corrected chi connectivity index (χ0v) is 9.45. The van der Waals surface area contributed by atoms with E-state index in [2.05, 4.69) is 47.5 Å². The van der Waals surface area contributed by atoms with Gasteiger partial charge in [0.15, 0.2) is 0 Å². The van der Waals surface area contributed by atoms with Crippen LogP contribution < -0.4 is 5.32 Å². The summed E-state index contributed by atoms with van der Waals surface area (Å²) in [7, 11) is 0. The molecule has 1 fully saturated rings. The molecule has 0 aromatic heterocycles. The Labute approximate surface area is 92.3 Å². The predicted octanol–water partition coefficient (Wildman–Crippen LogP) is 2.04. The van der Waals surface area contributed by atoms with E-state index in [0.29, 0.717) is 6.04 Å². The highest BCUT2D eigenvalue weighted by Gasteiger charge is 2.20. The van der Waals surface area contributed by atoms with E-state index in [0.717, 1.165) is 19.6 Å². The molecule has 0 bridgehead atoms. The Balaban J connectivity index is 2.16. The van der Waals surface area contributed by atoms with Crippen molar-refractivity contribution in [2.24, 2.45) is 0 Å². The van der Waals surface area contributed by atoms with Crippen LogP contribution in [0.5, 0.6) is 0 Å². The van der Waals surface area contributed by atoms with Crippen molar-refractivity contribution in [3.8, 4) is 0 Å². The summed E-state index contributed by atoms with van der Waals surface area (Å²) in [6.07, 6.45) is 1.26. The molecule has 1 unspecified atom stereocenters. The summed E-state index contributed by atoms with van der Waals surface area (Å²) in [5.74, 6) is 0.